The third-order valence-corrected chi connectivity index (χ3v) is 8.48. The van der Waals surface area contributed by atoms with Crippen LogP contribution < -0.4 is 5.32 Å². The molecule has 0 unspecified atom stereocenters. The van der Waals surface area contributed by atoms with Gasteiger partial charge in [0.05, 0.1) is 18.8 Å². The average Bonchev–Trinajstić information content (AvgIpc) is 3.74. The summed E-state index contributed by atoms with van der Waals surface area (Å²) in [6.45, 7) is 0.587. The van der Waals surface area contributed by atoms with Crippen LogP contribution in [-0.2, 0) is 16.0 Å². The third kappa shape index (κ3) is 6.69. The number of methoxy groups -OCH3 is 1. The molecule has 3 heterocycles. The molecule has 0 aliphatic carbocycles. The second kappa shape index (κ2) is 13.5. The van der Waals surface area contributed by atoms with E-state index in [-0.39, 0.29) is 24.3 Å². The van der Waals surface area contributed by atoms with Gasteiger partial charge in [0.1, 0.15) is 23.0 Å². The molecule has 0 spiro atoms. The van der Waals surface area contributed by atoms with Gasteiger partial charge in [-0.15, -0.1) is 5.10 Å². The van der Waals surface area contributed by atoms with Crippen molar-refractivity contribution < 1.29 is 14.3 Å². The van der Waals surface area contributed by atoms with Crippen LogP contribution in [0.1, 0.15) is 48.2 Å². The molecule has 45 heavy (non-hydrogen) atoms. The van der Waals surface area contributed by atoms with E-state index in [9.17, 15) is 9.59 Å². The number of nitrogens with zero attached hydrogens (tertiary/aromatic N) is 6. The number of hydrogen-bond donors (Lipinski definition) is 2. The van der Waals surface area contributed by atoms with E-state index in [1.165, 1.54) is 13.4 Å². The highest BCUT2D eigenvalue weighted by atomic mass is 35.5. The molecule has 6 rings (SSSR count). The Hall–Kier alpha value is -4.74. The summed E-state index contributed by atoms with van der Waals surface area (Å²) in [6, 6.07) is 22.4. The SMILES string of the molecule is COC(=O)Nc1ccc(-c2nc([C@@H]3[C@H](c4ccccc4)CCCN3C(=O)CCc3cc(Cl)ccc3-n3cnnn3)[nH]c2Cl)cc1. The van der Waals surface area contributed by atoms with E-state index >= 15 is 0 Å². The van der Waals surface area contributed by atoms with Gasteiger partial charge in [-0.2, -0.15) is 0 Å². The van der Waals surface area contributed by atoms with Gasteiger partial charge in [-0.25, -0.2) is 14.5 Å². The van der Waals surface area contributed by atoms with Gasteiger partial charge in [-0.05, 0) is 71.1 Å². The number of benzene rings is 3. The molecular formula is C32H30Cl2N8O3. The summed E-state index contributed by atoms with van der Waals surface area (Å²) >= 11 is 13.1. The number of H-pyrrole nitrogens is 1. The van der Waals surface area contributed by atoms with Crippen LogP contribution in [0, 0.1) is 0 Å². The number of rotatable bonds is 8. The summed E-state index contributed by atoms with van der Waals surface area (Å²) in [5, 5.41) is 15.1. The van der Waals surface area contributed by atoms with Crippen molar-refractivity contribution >= 4 is 40.9 Å². The fourth-order valence-corrected chi connectivity index (χ4v) is 6.32. The zero-order valence-electron chi connectivity index (χ0n) is 24.4. The number of tetrazole rings is 1. The summed E-state index contributed by atoms with van der Waals surface area (Å²) in [4.78, 5) is 35.8. The standard InChI is InChI=1S/C32H30Cl2N8O3/c1-45-32(44)36-24-13-9-21(10-14-24)28-30(34)38-31(37-28)29-25(20-6-3-2-4-7-20)8-5-17-41(29)27(43)16-11-22-18-23(33)12-15-26(22)42-19-35-39-40-42/h2-4,6-7,9-10,12-15,18-19,25,29H,5,8,11,16-17H2,1H3,(H,36,44)(H,37,38)/t25-,29-/m0/s1. The lowest BCUT2D eigenvalue weighted by Gasteiger charge is -2.40. The molecule has 2 atom stereocenters. The fraction of sp³-hybridized carbons (Fsp3) is 0.250. The number of aryl methyl sites for hydroxylation is 1. The monoisotopic (exact) mass is 644 g/mol. The number of piperidine rings is 1. The fourth-order valence-electron chi connectivity index (χ4n) is 5.88. The topological polar surface area (TPSA) is 131 Å². The van der Waals surface area contributed by atoms with Crippen LogP contribution in [0.2, 0.25) is 10.2 Å². The molecule has 0 radical (unpaired) electrons. The Kier molecular flexibility index (Phi) is 9.08. The quantitative estimate of drug-likeness (QED) is 0.194. The second-order valence-corrected chi connectivity index (χ2v) is 11.5. The zero-order valence-corrected chi connectivity index (χ0v) is 25.9. The molecule has 3 aromatic carbocycles. The summed E-state index contributed by atoms with van der Waals surface area (Å²) in [5.74, 6) is 0.620. The molecule has 2 aromatic heterocycles. The van der Waals surface area contributed by atoms with Gasteiger partial charge in [0.25, 0.3) is 0 Å². The van der Waals surface area contributed by atoms with Crippen LogP contribution in [0.25, 0.3) is 16.9 Å². The molecular weight excluding hydrogens is 615 g/mol. The smallest absolute Gasteiger partial charge is 0.411 e. The molecule has 230 valence electrons. The van der Waals surface area contributed by atoms with E-state index in [2.05, 4.69) is 42.7 Å². The van der Waals surface area contributed by atoms with E-state index in [0.717, 1.165) is 35.2 Å². The average molecular weight is 646 g/mol. The lowest BCUT2D eigenvalue weighted by molar-refractivity contribution is -0.135. The number of imidazole rings is 1. The van der Waals surface area contributed by atoms with Crippen LogP contribution in [0.15, 0.2) is 79.1 Å². The first-order chi connectivity index (χ1) is 21.9. The van der Waals surface area contributed by atoms with Gasteiger partial charge in [0, 0.05) is 35.2 Å². The van der Waals surface area contributed by atoms with Gasteiger partial charge in [-0.3, -0.25) is 10.1 Å². The Morgan fingerprint density at radius 1 is 1.07 bits per heavy atom. The van der Waals surface area contributed by atoms with E-state index in [1.54, 1.807) is 22.9 Å². The highest BCUT2D eigenvalue weighted by Gasteiger charge is 2.38. The Bertz CT molecular complexity index is 1780. The molecule has 1 saturated heterocycles. The van der Waals surface area contributed by atoms with Gasteiger partial charge in [0.2, 0.25) is 5.91 Å². The number of aromatic nitrogens is 6. The molecule has 0 saturated carbocycles. The van der Waals surface area contributed by atoms with Crippen LogP contribution in [-0.4, -0.2) is 60.7 Å². The van der Waals surface area contributed by atoms with Gasteiger partial charge in [-0.1, -0.05) is 65.7 Å². The van der Waals surface area contributed by atoms with Crippen molar-refractivity contribution in [1.82, 2.24) is 35.1 Å². The predicted octanol–water partition coefficient (Wildman–Crippen LogP) is 6.62. The normalized spacial score (nSPS) is 16.4. The molecule has 11 nitrogen and oxygen atoms in total. The number of nitrogens with one attached hydrogen (secondary N) is 2. The number of ether oxygens (including phenoxy) is 1. The molecule has 1 aliphatic heterocycles. The van der Waals surface area contributed by atoms with Crippen molar-refractivity contribution in [2.24, 2.45) is 0 Å². The molecule has 2 amide bonds. The van der Waals surface area contributed by atoms with Crippen LogP contribution >= 0.6 is 23.2 Å². The van der Waals surface area contributed by atoms with Crippen LogP contribution in [0.4, 0.5) is 10.5 Å². The summed E-state index contributed by atoms with van der Waals surface area (Å²) < 4.78 is 6.23. The van der Waals surface area contributed by atoms with E-state index in [4.69, 9.17) is 28.2 Å². The van der Waals surface area contributed by atoms with Gasteiger partial charge < -0.3 is 14.6 Å². The molecule has 13 heteroatoms. The molecule has 1 aliphatic rings. The molecule has 5 aromatic rings. The lowest BCUT2D eigenvalue weighted by atomic mass is 9.82. The number of carbonyl (C=O) groups is 2. The number of halogens is 2. The minimum absolute atomic E-state index is 0.00409. The van der Waals surface area contributed by atoms with Crippen molar-refractivity contribution in [3.8, 4) is 16.9 Å². The summed E-state index contributed by atoms with van der Waals surface area (Å²) in [6.07, 6.45) is 3.40. The molecule has 0 bridgehead atoms. The zero-order chi connectivity index (χ0) is 31.3. The Morgan fingerprint density at radius 3 is 2.60 bits per heavy atom. The molecule has 1 fully saturated rings. The Balaban J connectivity index is 1.30. The number of anilines is 1. The van der Waals surface area contributed by atoms with Crippen molar-refractivity contribution in [1.29, 1.82) is 0 Å². The van der Waals surface area contributed by atoms with Crippen LogP contribution in [0.3, 0.4) is 0 Å². The maximum absolute atomic E-state index is 14.1. The largest absolute Gasteiger partial charge is 0.453 e. The van der Waals surface area contributed by atoms with Crippen molar-refractivity contribution in [3.05, 3.63) is 106 Å². The maximum atomic E-state index is 14.1. The summed E-state index contributed by atoms with van der Waals surface area (Å²) in [5.41, 5.74) is 4.66. The third-order valence-electron chi connectivity index (χ3n) is 7.97. The van der Waals surface area contributed by atoms with Crippen molar-refractivity contribution in [2.75, 3.05) is 19.0 Å². The first kappa shape index (κ1) is 30.3. The van der Waals surface area contributed by atoms with Crippen molar-refractivity contribution in [3.63, 3.8) is 0 Å². The number of hydrogen-bond acceptors (Lipinski definition) is 7. The maximum Gasteiger partial charge on any atom is 0.411 e. The van der Waals surface area contributed by atoms with Gasteiger partial charge >= 0.3 is 6.09 Å². The van der Waals surface area contributed by atoms with E-state index in [1.807, 2.05) is 47.4 Å². The van der Waals surface area contributed by atoms with Crippen molar-refractivity contribution in [2.45, 2.75) is 37.6 Å². The number of likely N-dealkylation sites (tertiary alicyclic amines) is 1. The minimum atomic E-state index is -0.557. The highest BCUT2D eigenvalue weighted by molar-refractivity contribution is 6.32. The lowest BCUT2D eigenvalue weighted by Crippen LogP contribution is -2.42. The van der Waals surface area contributed by atoms with Gasteiger partial charge in [0.15, 0.2) is 0 Å². The number of carbonyl (C=O) groups excluding carboxylic acids is 2. The Morgan fingerprint density at radius 2 is 1.87 bits per heavy atom. The number of aromatic amines is 1. The predicted molar refractivity (Wildman–Crippen MR) is 170 cm³/mol. The second-order valence-electron chi connectivity index (χ2n) is 10.7. The highest BCUT2D eigenvalue weighted by Crippen LogP contribution is 2.43. The van der Waals surface area contributed by atoms with E-state index < -0.39 is 6.09 Å². The Labute approximate surface area is 269 Å². The molecule has 2 N–H and O–H groups in total. The van der Waals surface area contributed by atoms with E-state index in [0.29, 0.717) is 40.3 Å². The van der Waals surface area contributed by atoms with Crippen LogP contribution in [0.5, 0.6) is 0 Å². The summed E-state index contributed by atoms with van der Waals surface area (Å²) in [7, 11) is 1.31. The number of amides is 2. The first-order valence-corrected chi connectivity index (χ1v) is 15.2. The minimum Gasteiger partial charge on any atom is -0.453 e. The first-order valence-electron chi connectivity index (χ1n) is 14.5.